The van der Waals surface area contributed by atoms with Gasteiger partial charge in [-0.15, -0.1) is 13.2 Å². The normalized spacial score (nSPS) is 19.7. The van der Waals surface area contributed by atoms with E-state index in [0.29, 0.717) is 0 Å². The second-order valence-electron chi connectivity index (χ2n) is 8.72. The van der Waals surface area contributed by atoms with Crippen molar-refractivity contribution in [3.63, 3.8) is 0 Å². The lowest BCUT2D eigenvalue weighted by atomic mass is 9.79. The quantitative estimate of drug-likeness (QED) is 0.795. The molecule has 154 valence electrons. The van der Waals surface area contributed by atoms with Gasteiger partial charge in [-0.2, -0.15) is 15.0 Å². The first kappa shape index (κ1) is 21.5. The molecule has 0 radical (unpaired) electrons. The zero-order valence-corrected chi connectivity index (χ0v) is 17.3. The predicted octanol–water partition coefficient (Wildman–Crippen LogP) is 2.64. The number of halogens is 3. The Morgan fingerprint density at radius 3 is 1.74 bits per heavy atom. The number of aromatic nitrogens is 3. The number of piperidine rings is 1. The van der Waals surface area contributed by atoms with Crippen LogP contribution >= 0.6 is 0 Å². The largest absolute Gasteiger partial charge is 0.487 e. The number of anilines is 3. The average Bonchev–Trinajstić information content (AvgIpc) is 2.49. The Balaban J connectivity index is 2.43. The molecule has 0 bridgehead atoms. The minimum atomic E-state index is -4.57. The molecule has 1 aliphatic heterocycles. The Bertz CT molecular complexity index is 657. The van der Waals surface area contributed by atoms with Crippen molar-refractivity contribution in [2.45, 2.75) is 64.0 Å². The molecule has 0 aliphatic carbocycles. The maximum Gasteiger partial charge on any atom is 0.487 e. The summed E-state index contributed by atoms with van der Waals surface area (Å²) in [5.41, 5.74) is -0.215. The smallest absolute Gasteiger partial charge is 0.347 e. The molecule has 0 amide bonds. The lowest BCUT2D eigenvalue weighted by molar-refractivity contribution is -0.126. The van der Waals surface area contributed by atoms with Crippen LogP contribution in [0.2, 0.25) is 0 Å². The molecule has 1 saturated heterocycles. The standard InChI is InChI=1S/C17H30F3N7/c1-15(2)9-11(10-16(3,4)24-15)26(7)13-21-12(25(5)6)22-14(23-13)27(8)17(18,19)20/h11,24H,9-10H2,1-8H3. The van der Waals surface area contributed by atoms with Crippen LogP contribution in [-0.2, 0) is 0 Å². The van der Waals surface area contributed by atoms with Gasteiger partial charge in [0, 0.05) is 45.3 Å². The fraction of sp³-hybridized carbons (Fsp3) is 0.824. The Morgan fingerprint density at radius 2 is 1.30 bits per heavy atom. The topological polar surface area (TPSA) is 60.4 Å². The lowest BCUT2D eigenvalue weighted by Crippen LogP contribution is -2.62. The van der Waals surface area contributed by atoms with E-state index in [1.54, 1.807) is 19.0 Å². The van der Waals surface area contributed by atoms with Gasteiger partial charge >= 0.3 is 6.30 Å². The van der Waals surface area contributed by atoms with Crippen molar-refractivity contribution in [3.05, 3.63) is 0 Å². The first-order chi connectivity index (χ1) is 12.1. The Labute approximate surface area is 159 Å². The summed E-state index contributed by atoms with van der Waals surface area (Å²) in [6, 6.07) is 0.0812. The van der Waals surface area contributed by atoms with E-state index >= 15 is 0 Å². The Hall–Kier alpha value is -1.84. The van der Waals surface area contributed by atoms with Crippen LogP contribution in [0.25, 0.3) is 0 Å². The molecule has 10 heteroatoms. The van der Waals surface area contributed by atoms with Gasteiger partial charge in [-0.25, -0.2) is 0 Å². The molecule has 7 nitrogen and oxygen atoms in total. The summed E-state index contributed by atoms with van der Waals surface area (Å²) in [5.74, 6) is -0.000732. The van der Waals surface area contributed by atoms with Gasteiger partial charge in [0.1, 0.15) is 0 Å². The van der Waals surface area contributed by atoms with E-state index in [1.807, 2.05) is 11.9 Å². The van der Waals surface area contributed by atoms with Crippen LogP contribution < -0.4 is 20.0 Å². The average molecular weight is 389 g/mol. The number of nitrogens with one attached hydrogen (secondary N) is 1. The summed E-state index contributed by atoms with van der Waals surface area (Å²) in [5, 5.41) is 3.60. The molecule has 0 atom stereocenters. The number of hydrogen-bond donors (Lipinski definition) is 1. The molecule has 2 heterocycles. The predicted molar refractivity (Wildman–Crippen MR) is 101 cm³/mol. The first-order valence-electron chi connectivity index (χ1n) is 8.87. The second kappa shape index (κ2) is 6.96. The first-order valence-corrected chi connectivity index (χ1v) is 8.87. The summed E-state index contributed by atoms with van der Waals surface area (Å²) in [6.45, 7) is 8.49. The van der Waals surface area contributed by atoms with Gasteiger partial charge in [0.05, 0.1) is 0 Å². The molecule has 1 aromatic heterocycles. The van der Waals surface area contributed by atoms with Crippen LogP contribution in [0, 0.1) is 0 Å². The van der Waals surface area contributed by atoms with Gasteiger partial charge in [0.2, 0.25) is 17.8 Å². The van der Waals surface area contributed by atoms with Gasteiger partial charge in [-0.05, 0) is 40.5 Å². The van der Waals surface area contributed by atoms with Gasteiger partial charge in [-0.3, -0.25) is 4.90 Å². The van der Waals surface area contributed by atoms with Crippen LogP contribution in [0.1, 0.15) is 40.5 Å². The van der Waals surface area contributed by atoms with Crippen LogP contribution in [0.5, 0.6) is 0 Å². The van der Waals surface area contributed by atoms with Crippen LogP contribution in [0.4, 0.5) is 31.0 Å². The third-order valence-corrected chi connectivity index (χ3v) is 4.71. The van der Waals surface area contributed by atoms with Crippen molar-refractivity contribution in [1.82, 2.24) is 20.3 Å². The van der Waals surface area contributed by atoms with Crippen molar-refractivity contribution < 1.29 is 13.2 Å². The molecular weight excluding hydrogens is 359 g/mol. The van der Waals surface area contributed by atoms with Gasteiger partial charge < -0.3 is 15.1 Å². The minimum Gasteiger partial charge on any atom is -0.347 e. The summed E-state index contributed by atoms with van der Waals surface area (Å²) in [4.78, 5) is 16.0. The highest BCUT2D eigenvalue weighted by Crippen LogP contribution is 2.33. The molecule has 1 aliphatic rings. The Morgan fingerprint density at radius 1 is 0.852 bits per heavy atom. The van der Waals surface area contributed by atoms with E-state index < -0.39 is 12.2 Å². The van der Waals surface area contributed by atoms with Crippen molar-refractivity contribution in [2.24, 2.45) is 0 Å². The SMILES string of the molecule is CN(C)c1nc(N(C)C2CC(C)(C)NC(C)(C)C2)nc(N(C)C(F)(F)F)n1. The molecule has 1 aromatic rings. The molecule has 0 aromatic carbocycles. The van der Waals surface area contributed by atoms with Crippen molar-refractivity contribution in [1.29, 1.82) is 0 Å². The monoisotopic (exact) mass is 389 g/mol. The summed E-state index contributed by atoms with van der Waals surface area (Å²) >= 11 is 0. The molecule has 27 heavy (non-hydrogen) atoms. The summed E-state index contributed by atoms with van der Waals surface area (Å²) < 4.78 is 39.4. The lowest BCUT2D eigenvalue weighted by Gasteiger charge is -2.49. The molecular formula is C17H30F3N7. The molecule has 0 spiro atoms. The highest BCUT2D eigenvalue weighted by atomic mass is 19.4. The van der Waals surface area contributed by atoms with Gasteiger partial charge in [0.15, 0.2) is 0 Å². The number of nitrogens with zero attached hydrogens (tertiary/aromatic N) is 6. The minimum absolute atomic E-state index is 0.0812. The third-order valence-electron chi connectivity index (χ3n) is 4.71. The molecule has 2 rings (SSSR count). The third kappa shape index (κ3) is 5.12. The summed E-state index contributed by atoms with van der Waals surface area (Å²) in [7, 11) is 6.12. The fourth-order valence-corrected chi connectivity index (χ4v) is 3.67. The molecule has 1 N–H and O–H groups in total. The van der Waals surface area contributed by atoms with Crippen molar-refractivity contribution in [3.8, 4) is 0 Å². The van der Waals surface area contributed by atoms with Gasteiger partial charge in [0.25, 0.3) is 0 Å². The molecule has 0 saturated carbocycles. The number of alkyl halides is 3. The van der Waals surface area contributed by atoms with E-state index in [-0.39, 0.29) is 33.9 Å². The maximum absolute atomic E-state index is 13.1. The van der Waals surface area contributed by atoms with E-state index in [9.17, 15) is 13.2 Å². The van der Waals surface area contributed by atoms with E-state index in [0.717, 1.165) is 19.9 Å². The zero-order chi connectivity index (χ0) is 20.8. The fourth-order valence-electron chi connectivity index (χ4n) is 3.67. The van der Waals surface area contributed by atoms with Crippen LogP contribution in [-0.4, -0.2) is 66.6 Å². The highest BCUT2D eigenvalue weighted by Gasteiger charge is 2.41. The van der Waals surface area contributed by atoms with E-state index in [4.69, 9.17) is 0 Å². The van der Waals surface area contributed by atoms with Crippen LogP contribution in [0.15, 0.2) is 0 Å². The highest BCUT2D eigenvalue weighted by molar-refractivity contribution is 5.46. The molecule has 1 fully saturated rings. The number of rotatable bonds is 4. The maximum atomic E-state index is 13.1. The summed E-state index contributed by atoms with van der Waals surface area (Å²) in [6.07, 6.45) is -2.93. The van der Waals surface area contributed by atoms with Gasteiger partial charge in [-0.1, -0.05) is 0 Å². The number of hydrogen-bond acceptors (Lipinski definition) is 7. The van der Waals surface area contributed by atoms with Crippen LogP contribution in [0.3, 0.4) is 0 Å². The van der Waals surface area contributed by atoms with Crippen molar-refractivity contribution >= 4 is 17.8 Å². The molecule has 0 unspecified atom stereocenters. The Kier molecular flexibility index (Phi) is 5.53. The van der Waals surface area contributed by atoms with E-state index in [2.05, 4.69) is 48.0 Å². The van der Waals surface area contributed by atoms with Crippen molar-refractivity contribution in [2.75, 3.05) is 42.9 Å². The zero-order valence-electron chi connectivity index (χ0n) is 17.3. The second-order valence-corrected chi connectivity index (χ2v) is 8.72. The van der Waals surface area contributed by atoms with E-state index in [1.165, 1.54) is 0 Å².